The summed E-state index contributed by atoms with van der Waals surface area (Å²) in [7, 11) is -2.91. The van der Waals surface area contributed by atoms with E-state index < -0.39 is 9.84 Å². The first-order valence-electron chi connectivity index (χ1n) is 5.00. The molecular formula is C9H21N3O2S. The Bertz CT molecular complexity index is 300. The quantitative estimate of drug-likeness (QED) is 0.477. The molecule has 0 aromatic carbocycles. The van der Waals surface area contributed by atoms with E-state index in [2.05, 4.69) is 0 Å². The van der Waals surface area contributed by atoms with Gasteiger partial charge in [0.25, 0.3) is 0 Å². The van der Waals surface area contributed by atoms with Crippen LogP contribution in [0.4, 0.5) is 0 Å². The summed E-state index contributed by atoms with van der Waals surface area (Å²) in [6.07, 6.45) is 1.23. The highest BCUT2D eigenvalue weighted by Gasteiger charge is 2.12. The van der Waals surface area contributed by atoms with Crippen LogP contribution >= 0.6 is 0 Å². The van der Waals surface area contributed by atoms with Crippen LogP contribution in [-0.2, 0) is 9.84 Å². The topological polar surface area (TPSA) is 87.2 Å². The van der Waals surface area contributed by atoms with Gasteiger partial charge >= 0.3 is 0 Å². The lowest BCUT2D eigenvalue weighted by Crippen LogP contribution is -2.36. The molecule has 6 heteroatoms. The lowest BCUT2D eigenvalue weighted by Gasteiger charge is -2.23. The zero-order valence-corrected chi connectivity index (χ0v) is 10.5. The van der Waals surface area contributed by atoms with Crippen LogP contribution in [0.15, 0.2) is 0 Å². The predicted octanol–water partition coefficient (Wildman–Crippen LogP) is -0.0750. The molecule has 90 valence electrons. The third kappa shape index (κ3) is 7.33. The van der Waals surface area contributed by atoms with E-state index in [0.29, 0.717) is 13.1 Å². The average Bonchev–Trinajstić information content (AvgIpc) is 2.10. The van der Waals surface area contributed by atoms with Crippen LogP contribution in [0, 0.1) is 11.3 Å². The minimum Gasteiger partial charge on any atom is -0.387 e. The molecule has 5 nitrogen and oxygen atoms in total. The fourth-order valence-corrected chi connectivity index (χ4v) is 1.75. The highest BCUT2D eigenvalue weighted by atomic mass is 32.2. The first-order chi connectivity index (χ1) is 6.76. The van der Waals surface area contributed by atoms with Crippen molar-refractivity contribution < 1.29 is 8.42 Å². The molecule has 0 fully saturated rings. The maximum absolute atomic E-state index is 11.0. The minimum atomic E-state index is -2.91. The second kappa shape index (κ2) is 6.07. The maximum atomic E-state index is 11.0. The number of nitrogens with two attached hydrogens (primary N) is 1. The van der Waals surface area contributed by atoms with Crippen LogP contribution in [-0.4, -0.2) is 50.8 Å². The Balaban J connectivity index is 4.10. The van der Waals surface area contributed by atoms with Crippen LogP contribution in [0.2, 0.25) is 0 Å². The molecule has 0 saturated heterocycles. The molecule has 0 spiro atoms. The van der Waals surface area contributed by atoms with Crippen LogP contribution in [0.25, 0.3) is 0 Å². The van der Waals surface area contributed by atoms with Crippen molar-refractivity contribution >= 4 is 15.7 Å². The van der Waals surface area contributed by atoms with Gasteiger partial charge < -0.3 is 10.6 Å². The molecule has 0 radical (unpaired) electrons. The Hall–Kier alpha value is -0.620. The summed E-state index contributed by atoms with van der Waals surface area (Å²) in [5, 5.41) is 7.26. The molecular weight excluding hydrogens is 214 g/mol. The summed E-state index contributed by atoms with van der Waals surface area (Å²) in [6, 6.07) is 0. The van der Waals surface area contributed by atoms with Crippen LogP contribution in [0.5, 0.6) is 0 Å². The molecule has 15 heavy (non-hydrogen) atoms. The molecule has 0 aromatic heterocycles. The summed E-state index contributed by atoms with van der Waals surface area (Å²) < 4.78 is 22.0. The number of sulfone groups is 1. The fraction of sp³-hybridized carbons (Fsp3) is 0.889. The summed E-state index contributed by atoms with van der Waals surface area (Å²) in [5.41, 5.74) is 5.36. The molecule has 1 unspecified atom stereocenters. The lowest BCUT2D eigenvalue weighted by molar-refractivity contribution is 0.286. The molecule has 0 heterocycles. The van der Waals surface area contributed by atoms with Crippen molar-refractivity contribution in [3.8, 4) is 0 Å². The molecule has 1 atom stereocenters. The Labute approximate surface area is 92.1 Å². The molecule has 0 aromatic rings. The van der Waals surface area contributed by atoms with Crippen molar-refractivity contribution in [3.63, 3.8) is 0 Å². The smallest absolute Gasteiger partial charge is 0.148 e. The molecule has 0 aliphatic heterocycles. The van der Waals surface area contributed by atoms with Gasteiger partial charge in [-0.1, -0.05) is 13.8 Å². The van der Waals surface area contributed by atoms with E-state index >= 15 is 0 Å². The normalized spacial score (nSPS) is 14.1. The minimum absolute atomic E-state index is 0.0236. The Morgan fingerprint density at radius 2 is 2.07 bits per heavy atom. The lowest BCUT2D eigenvalue weighted by atomic mass is 10.1. The zero-order valence-electron chi connectivity index (χ0n) is 9.66. The van der Waals surface area contributed by atoms with Gasteiger partial charge in [-0.05, 0) is 6.54 Å². The van der Waals surface area contributed by atoms with Crippen LogP contribution in [0.1, 0.15) is 13.8 Å². The molecule has 3 N–H and O–H groups in total. The van der Waals surface area contributed by atoms with Crippen molar-refractivity contribution in [2.24, 2.45) is 11.7 Å². The van der Waals surface area contributed by atoms with Crippen molar-refractivity contribution in [2.45, 2.75) is 13.8 Å². The van der Waals surface area contributed by atoms with Crippen molar-refractivity contribution in [1.82, 2.24) is 4.90 Å². The van der Waals surface area contributed by atoms with Gasteiger partial charge in [-0.3, -0.25) is 5.41 Å². The summed E-state index contributed by atoms with van der Waals surface area (Å²) >= 11 is 0. The zero-order chi connectivity index (χ0) is 12.1. The molecule has 0 rings (SSSR count). The third-order valence-electron chi connectivity index (χ3n) is 2.29. The number of hydrogen-bond donors (Lipinski definition) is 2. The summed E-state index contributed by atoms with van der Waals surface area (Å²) in [4.78, 5) is 1.99. The van der Waals surface area contributed by atoms with E-state index in [4.69, 9.17) is 11.1 Å². The monoisotopic (exact) mass is 235 g/mol. The SMILES string of the molecule is CCN(CCS(C)(=O)=O)CC(C)C(=N)N. The second-order valence-corrected chi connectivity index (χ2v) is 6.14. The van der Waals surface area contributed by atoms with Crippen molar-refractivity contribution in [1.29, 1.82) is 5.41 Å². The number of amidine groups is 1. The average molecular weight is 235 g/mol. The Kier molecular flexibility index (Phi) is 5.82. The van der Waals surface area contributed by atoms with Gasteiger partial charge in [-0.2, -0.15) is 0 Å². The number of nitrogens with zero attached hydrogens (tertiary/aromatic N) is 1. The first kappa shape index (κ1) is 14.4. The number of hydrogen-bond acceptors (Lipinski definition) is 4. The van der Waals surface area contributed by atoms with Crippen molar-refractivity contribution in [3.05, 3.63) is 0 Å². The predicted molar refractivity (Wildman–Crippen MR) is 62.9 cm³/mol. The summed E-state index contributed by atoms with van der Waals surface area (Å²) in [6.45, 7) is 5.75. The highest BCUT2D eigenvalue weighted by Crippen LogP contribution is 2.00. The van der Waals surface area contributed by atoms with E-state index in [1.807, 2.05) is 18.7 Å². The molecule has 0 amide bonds. The van der Waals surface area contributed by atoms with Gasteiger partial charge in [0.15, 0.2) is 0 Å². The Morgan fingerprint density at radius 3 is 2.40 bits per heavy atom. The van der Waals surface area contributed by atoms with E-state index in [0.717, 1.165) is 6.54 Å². The molecule has 0 saturated carbocycles. The first-order valence-corrected chi connectivity index (χ1v) is 7.06. The van der Waals surface area contributed by atoms with E-state index in [9.17, 15) is 8.42 Å². The van der Waals surface area contributed by atoms with E-state index in [-0.39, 0.29) is 17.5 Å². The largest absolute Gasteiger partial charge is 0.387 e. The van der Waals surface area contributed by atoms with Gasteiger partial charge in [0.1, 0.15) is 9.84 Å². The Morgan fingerprint density at radius 1 is 1.53 bits per heavy atom. The number of rotatable bonds is 7. The second-order valence-electron chi connectivity index (χ2n) is 3.88. The maximum Gasteiger partial charge on any atom is 0.148 e. The van der Waals surface area contributed by atoms with Gasteiger partial charge in [0, 0.05) is 25.3 Å². The van der Waals surface area contributed by atoms with Crippen LogP contribution in [0.3, 0.4) is 0 Å². The molecule has 0 aliphatic carbocycles. The fourth-order valence-electron chi connectivity index (χ4n) is 1.16. The summed E-state index contributed by atoms with van der Waals surface area (Å²) in [5.74, 6) is 0.281. The third-order valence-corrected chi connectivity index (χ3v) is 3.21. The molecule has 0 bridgehead atoms. The van der Waals surface area contributed by atoms with E-state index in [1.54, 1.807) is 0 Å². The van der Waals surface area contributed by atoms with E-state index in [1.165, 1.54) is 6.26 Å². The van der Waals surface area contributed by atoms with Gasteiger partial charge in [0.05, 0.1) is 11.6 Å². The van der Waals surface area contributed by atoms with Gasteiger partial charge in [-0.15, -0.1) is 0 Å². The van der Waals surface area contributed by atoms with Crippen LogP contribution < -0.4 is 5.73 Å². The van der Waals surface area contributed by atoms with Gasteiger partial charge in [-0.25, -0.2) is 8.42 Å². The standard InChI is InChI=1S/C9H21N3O2S/c1-4-12(5-6-15(3,13)14)7-8(2)9(10)11/h8H,4-7H2,1-3H3,(H3,10,11). The van der Waals surface area contributed by atoms with Gasteiger partial charge in [0.2, 0.25) is 0 Å². The molecule has 0 aliphatic rings. The number of nitrogens with one attached hydrogen (secondary N) is 1. The van der Waals surface area contributed by atoms with Crippen molar-refractivity contribution in [2.75, 3.05) is 31.6 Å². The highest BCUT2D eigenvalue weighted by molar-refractivity contribution is 7.90.